The summed E-state index contributed by atoms with van der Waals surface area (Å²) in [6.07, 6.45) is 8.91. The second kappa shape index (κ2) is 12.1. The maximum absolute atomic E-state index is 5.90. The molecule has 8 aromatic carbocycles. The van der Waals surface area contributed by atoms with Crippen LogP contribution in [0.3, 0.4) is 0 Å². The fourth-order valence-electron chi connectivity index (χ4n) is 9.60. The van der Waals surface area contributed by atoms with E-state index in [0.717, 1.165) is 12.8 Å². The molecule has 0 unspecified atom stereocenters. The monoisotopic (exact) mass is 760 g/mol. The van der Waals surface area contributed by atoms with Crippen LogP contribution in [0.25, 0.3) is 54.2 Å². The molecule has 2 aliphatic rings. The van der Waals surface area contributed by atoms with Crippen LogP contribution in [-0.2, 0) is 24.7 Å². The Morgan fingerprint density at radius 2 is 1.00 bits per heavy atom. The predicted octanol–water partition coefficient (Wildman–Crippen LogP) is 11.0. The fraction of sp³-hybridized carbons (Fsp3) is 0.0426. The summed E-state index contributed by atoms with van der Waals surface area (Å²) in [4.78, 5) is 0. The summed E-state index contributed by atoms with van der Waals surface area (Å²) in [6.45, 7) is 0. The van der Waals surface area contributed by atoms with Gasteiger partial charge in [-0.2, -0.15) is 0 Å². The van der Waals surface area contributed by atoms with Crippen molar-refractivity contribution in [1.82, 2.24) is 0 Å². The van der Waals surface area contributed by atoms with Crippen molar-refractivity contribution in [2.75, 3.05) is 0 Å². The van der Waals surface area contributed by atoms with Crippen molar-refractivity contribution in [3.05, 3.63) is 184 Å². The summed E-state index contributed by atoms with van der Waals surface area (Å²) in [6, 6.07) is 57.3. The molecule has 0 aromatic heterocycles. The molecule has 0 saturated heterocycles. The molecule has 2 aliphatic carbocycles. The molecule has 0 aliphatic heterocycles. The molecule has 50 heavy (non-hydrogen) atoms. The summed E-state index contributed by atoms with van der Waals surface area (Å²) in [7, 11) is 0. The Balaban J connectivity index is 0.00000180. The number of hydrogen-bond acceptors (Lipinski definition) is 0. The quantitative estimate of drug-likeness (QED) is 0.157. The molecule has 0 heterocycles. The third kappa shape index (κ3) is 4.24. The summed E-state index contributed by atoms with van der Waals surface area (Å²) in [5.41, 5.74) is 5.64. The van der Waals surface area contributed by atoms with E-state index in [2.05, 4.69) is 170 Å². The SMILES string of the molecule is Cl.Cl.[CH2]=[Zr]([C]1=CC=CC1)([c]1cccc2ccccc12)([c]1cccc2ccccc12)[c]1cccc2c1c1c(c3ccccc32)-c2ccccc2C1. The van der Waals surface area contributed by atoms with E-state index in [1.165, 1.54) is 78.4 Å². The van der Waals surface area contributed by atoms with Crippen LogP contribution >= 0.6 is 24.8 Å². The maximum atomic E-state index is 5.90. The minimum atomic E-state index is -5.15. The van der Waals surface area contributed by atoms with Crippen molar-refractivity contribution >= 4 is 81.9 Å². The van der Waals surface area contributed by atoms with Gasteiger partial charge in [0.2, 0.25) is 0 Å². The van der Waals surface area contributed by atoms with Gasteiger partial charge in [-0.05, 0) is 0 Å². The second-order valence-electron chi connectivity index (χ2n) is 13.8. The van der Waals surface area contributed by atoms with E-state index in [0.29, 0.717) is 0 Å². The zero-order valence-corrected chi connectivity index (χ0v) is 31.7. The van der Waals surface area contributed by atoms with Crippen LogP contribution in [-0.4, -0.2) is 4.21 Å². The summed E-state index contributed by atoms with van der Waals surface area (Å²) in [5, 5.41) is 10.6. The zero-order chi connectivity index (χ0) is 31.9. The molecular weight excluding hydrogens is 727 g/mol. The Morgan fingerprint density at radius 1 is 0.480 bits per heavy atom. The molecule has 0 amide bonds. The predicted molar refractivity (Wildman–Crippen MR) is 220 cm³/mol. The molecule has 10 rings (SSSR count). The van der Waals surface area contributed by atoms with Crippen molar-refractivity contribution in [3.8, 4) is 11.1 Å². The van der Waals surface area contributed by atoms with Crippen molar-refractivity contribution in [2.45, 2.75) is 12.8 Å². The first-order chi connectivity index (χ1) is 23.7. The molecule has 3 heteroatoms. The Kier molecular flexibility index (Phi) is 7.96. The molecule has 0 radical (unpaired) electrons. The van der Waals surface area contributed by atoms with Gasteiger partial charge in [-0.15, -0.1) is 24.8 Å². The van der Waals surface area contributed by atoms with Gasteiger partial charge in [0, 0.05) is 0 Å². The van der Waals surface area contributed by atoms with Gasteiger partial charge in [0.15, 0.2) is 0 Å². The molecular formula is C47H36Cl2Zr. The number of fused-ring (bicyclic) bond motifs is 10. The number of allylic oxidation sites excluding steroid dienone is 4. The van der Waals surface area contributed by atoms with Gasteiger partial charge < -0.3 is 0 Å². The third-order valence-electron chi connectivity index (χ3n) is 11.7. The zero-order valence-electron chi connectivity index (χ0n) is 27.6. The first-order valence-electron chi connectivity index (χ1n) is 17.1. The number of hydrogen-bond donors (Lipinski definition) is 0. The molecule has 8 aromatic rings. The first-order valence-corrected chi connectivity index (χ1v) is 23.7. The van der Waals surface area contributed by atoms with E-state index in [-0.39, 0.29) is 24.8 Å². The molecule has 0 bridgehead atoms. The molecule has 0 N–H and O–H groups in total. The van der Waals surface area contributed by atoms with E-state index in [1.54, 1.807) is 0 Å². The van der Waals surface area contributed by atoms with Gasteiger partial charge in [0.25, 0.3) is 0 Å². The van der Waals surface area contributed by atoms with Gasteiger partial charge in [-0.25, -0.2) is 0 Å². The average Bonchev–Trinajstić information content (AvgIpc) is 3.84. The standard InChI is InChI=1S/C21H13.2C10H7.C5H5.CH2.2ClH.Zr/c1-2-8-15-14(7-1)13-20-18-11-4-3-9-16(18)17-10-5-6-12-19(17)21(15)20;2*1-2-6-10-8-4-3-7-9(10)5-1;1-2-4-5-3-1;;;;/h1-10,12H,13H2;2*1-7H;1-3H,4H2;1H2;2*1H;. The second-order valence-corrected chi connectivity index (χ2v) is 26.5. The minimum absolute atomic E-state index is 0. The van der Waals surface area contributed by atoms with Crippen LogP contribution in [0.1, 0.15) is 17.5 Å². The van der Waals surface area contributed by atoms with Gasteiger partial charge in [-0.3, -0.25) is 0 Å². The Morgan fingerprint density at radius 3 is 1.66 bits per heavy atom. The van der Waals surface area contributed by atoms with Gasteiger partial charge >= 0.3 is 284 Å². The average molecular weight is 763 g/mol. The Bertz CT molecular complexity index is 2710. The Hall–Kier alpha value is -4.39. The van der Waals surface area contributed by atoms with Crippen molar-refractivity contribution in [1.29, 1.82) is 0 Å². The molecule has 0 saturated carbocycles. The molecule has 0 nitrogen and oxygen atoms in total. The van der Waals surface area contributed by atoms with Gasteiger partial charge in [0.1, 0.15) is 0 Å². The van der Waals surface area contributed by atoms with Crippen molar-refractivity contribution < 1.29 is 18.3 Å². The van der Waals surface area contributed by atoms with Crippen LogP contribution in [0.15, 0.2) is 173 Å². The van der Waals surface area contributed by atoms with Crippen LogP contribution < -0.4 is 9.81 Å². The normalized spacial score (nSPS) is 13.6. The van der Waals surface area contributed by atoms with Gasteiger partial charge in [-0.1, -0.05) is 0 Å². The molecule has 0 fully saturated rings. The molecule has 0 spiro atoms. The first kappa shape index (κ1) is 32.8. The van der Waals surface area contributed by atoms with E-state index < -0.39 is 18.3 Å². The third-order valence-corrected chi connectivity index (χ3v) is 28.0. The van der Waals surface area contributed by atoms with E-state index >= 15 is 0 Å². The number of benzene rings is 8. The van der Waals surface area contributed by atoms with Crippen LogP contribution in [0.2, 0.25) is 0 Å². The van der Waals surface area contributed by atoms with Crippen molar-refractivity contribution in [3.63, 3.8) is 0 Å². The van der Waals surface area contributed by atoms with E-state index in [4.69, 9.17) is 4.21 Å². The van der Waals surface area contributed by atoms with E-state index in [9.17, 15) is 0 Å². The number of rotatable bonds is 4. The molecule has 0 atom stereocenters. The molecule has 242 valence electrons. The summed E-state index contributed by atoms with van der Waals surface area (Å²) in [5.74, 6) is 0. The van der Waals surface area contributed by atoms with Crippen molar-refractivity contribution in [2.24, 2.45) is 0 Å². The van der Waals surface area contributed by atoms with Crippen LogP contribution in [0, 0.1) is 0 Å². The number of halogens is 2. The topological polar surface area (TPSA) is 0 Å². The summed E-state index contributed by atoms with van der Waals surface area (Å²) >= 11 is -5.15. The van der Waals surface area contributed by atoms with Crippen LogP contribution in [0.4, 0.5) is 0 Å². The summed E-state index contributed by atoms with van der Waals surface area (Å²) < 4.78 is 11.7. The van der Waals surface area contributed by atoms with Crippen LogP contribution in [0.5, 0.6) is 0 Å². The Labute approximate surface area is 306 Å². The fourth-order valence-corrected chi connectivity index (χ4v) is 26.4. The van der Waals surface area contributed by atoms with Gasteiger partial charge in [0.05, 0.1) is 0 Å². The van der Waals surface area contributed by atoms with E-state index in [1.807, 2.05) is 0 Å².